The third-order valence-electron chi connectivity index (χ3n) is 8.30. The maximum atomic E-state index is 13.7. The molecule has 5 rings (SSSR count). The Morgan fingerprint density at radius 1 is 0.938 bits per heavy atom. The number of carbonyl (C=O) groups excluding carboxylic acids is 2. The highest BCUT2D eigenvalue weighted by Gasteiger charge is 2.25. The van der Waals surface area contributed by atoms with Crippen LogP contribution in [0.1, 0.15) is 60.7 Å². The van der Waals surface area contributed by atoms with Gasteiger partial charge in [-0.1, -0.05) is 6.07 Å². The number of carbonyl (C=O) groups is 2. The van der Waals surface area contributed by atoms with Crippen molar-refractivity contribution in [2.24, 2.45) is 0 Å². The molecule has 0 aromatic heterocycles. The molecule has 10 nitrogen and oxygen atoms in total. The maximum Gasteiger partial charge on any atom is 0.320 e. The van der Waals surface area contributed by atoms with Gasteiger partial charge in [0.25, 0.3) is 5.91 Å². The largest absolute Gasteiger partial charge is 0.459 e. The first-order chi connectivity index (χ1) is 22.8. The molecule has 2 fully saturated rings. The molecule has 1 amide bonds. The summed E-state index contributed by atoms with van der Waals surface area (Å²) in [5.41, 5.74) is 9.35. The van der Waals surface area contributed by atoms with Crippen molar-refractivity contribution in [2.45, 2.75) is 51.7 Å². The van der Waals surface area contributed by atoms with Gasteiger partial charge in [-0.2, -0.15) is 0 Å². The molecule has 5 N–H and O–H groups in total. The number of nitrogens with zero attached hydrogens (tertiary/aromatic N) is 2. The van der Waals surface area contributed by atoms with Gasteiger partial charge in [-0.15, -0.1) is 0 Å². The minimum absolute atomic E-state index is 0.116. The van der Waals surface area contributed by atoms with E-state index < -0.39 is 23.1 Å². The Hall–Kier alpha value is -4.55. The molecule has 2 saturated heterocycles. The minimum Gasteiger partial charge on any atom is -0.459 e. The zero-order valence-electron chi connectivity index (χ0n) is 27.7. The summed E-state index contributed by atoms with van der Waals surface area (Å²) in [5, 5.41) is 15.0. The van der Waals surface area contributed by atoms with Crippen molar-refractivity contribution in [3.63, 3.8) is 0 Å². The molecule has 0 spiro atoms. The van der Waals surface area contributed by atoms with Gasteiger partial charge in [0.2, 0.25) is 0 Å². The summed E-state index contributed by atoms with van der Waals surface area (Å²) in [4.78, 5) is 30.3. The molecule has 0 atom stereocenters. The van der Waals surface area contributed by atoms with E-state index in [1.807, 2.05) is 32.9 Å². The van der Waals surface area contributed by atoms with Crippen LogP contribution in [0.2, 0.25) is 0 Å². The van der Waals surface area contributed by atoms with Gasteiger partial charge >= 0.3 is 5.97 Å². The van der Waals surface area contributed by atoms with E-state index in [0.29, 0.717) is 67.3 Å². The molecule has 48 heavy (non-hydrogen) atoms. The molecule has 2 heterocycles. The second-order valence-electron chi connectivity index (χ2n) is 13.3. The molecule has 256 valence electrons. The second-order valence-corrected chi connectivity index (χ2v) is 13.3. The van der Waals surface area contributed by atoms with Gasteiger partial charge < -0.3 is 30.7 Å². The fourth-order valence-electron chi connectivity index (χ4n) is 5.96. The van der Waals surface area contributed by atoms with Gasteiger partial charge in [-0.3, -0.25) is 19.9 Å². The van der Waals surface area contributed by atoms with E-state index >= 15 is 0 Å². The van der Waals surface area contributed by atoms with Crippen LogP contribution in [-0.4, -0.2) is 80.2 Å². The standard InChI is InChI=1S/C36H44F2N6O4/c1-36(2,3)48-33(45)22-43-10-12-44(13-11-43)28-5-6-29(32(21-28)41-27-8-14-47-15-9-27)35(46)42-34(40)30-19-23(4-7-31(30)39)16-24-17-25(37)20-26(38)18-24/h4-7,17-21,27,41H,8-16,22,39H2,1-3H3,(H2,40,42,46). The number of hydrogen-bond acceptors (Lipinski definition) is 9. The molecule has 3 aromatic carbocycles. The van der Waals surface area contributed by atoms with Gasteiger partial charge in [0.1, 0.15) is 23.1 Å². The van der Waals surface area contributed by atoms with E-state index in [1.54, 1.807) is 24.3 Å². The summed E-state index contributed by atoms with van der Waals surface area (Å²) in [6.07, 6.45) is 1.81. The Kier molecular flexibility index (Phi) is 11.0. The molecule has 2 aliphatic heterocycles. The number of halogens is 2. The quantitative estimate of drug-likeness (QED) is 0.110. The van der Waals surface area contributed by atoms with Gasteiger partial charge in [-0.25, -0.2) is 8.78 Å². The first-order valence-electron chi connectivity index (χ1n) is 16.2. The van der Waals surface area contributed by atoms with Crippen molar-refractivity contribution in [3.05, 3.63) is 88.5 Å². The number of anilines is 3. The Bertz CT molecular complexity index is 1630. The topological polar surface area (TPSA) is 133 Å². The molecule has 3 aromatic rings. The highest BCUT2D eigenvalue weighted by molar-refractivity contribution is 6.15. The van der Waals surface area contributed by atoms with E-state index in [4.69, 9.17) is 20.6 Å². The van der Waals surface area contributed by atoms with Crippen LogP contribution < -0.4 is 21.3 Å². The Morgan fingerprint density at radius 3 is 2.29 bits per heavy atom. The predicted octanol–water partition coefficient (Wildman–Crippen LogP) is 4.95. The zero-order valence-corrected chi connectivity index (χ0v) is 27.7. The number of piperazine rings is 1. The molecular weight excluding hydrogens is 618 g/mol. The van der Waals surface area contributed by atoms with Gasteiger partial charge in [0, 0.05) is 74.1 Å². The van der Waals surface area contributed by atoms with Gasteiger partial charge in [-0.05, 0) is 93.6 Å². The lowest BCUT2D eigenvalue weighted by molar-refractivity contribution is -0.156. The Morgan fingerprint density at radius 2 is 1.62 bits per heavy atom. The van der Waals surface area contributed by atoms with Crippen LogP contribution in [0, 0.1) is 17.0 Å². The number of hydrogen-bond donors (Lipinski definition) is 4. The Balaban J connectivity index is 1.30. The lowest BCUT2D eigenvalue weighted by atomic mass is 10.0. The van der Waals surface area contributed by atoms with Gasteiger partial charge in [0.05, 0.1) is 12.1 Å². The van der Waals surface area contributed by atoms with Crippen molar-refractivity contribution in [3.8, 4) is 0 Å². The first kappa shape index (κ1) is 34.8. The highest BCUT2D eigenvalue weighted by atomic mass is 19.1. The highest BCUT2D eigenvalue weighted by Crippen LogP contribution is 2.28. The van der Waals surface area contributed by atoms with Crippen LogP contribution in [0.25, 0.3) is 0 Å². The third kappa shape index (κ3) is 9.51. The van der Waals surface area contributed by atoms with Crippen LogP contribution in [0.5, 0.6) is 0 Å². The molecule has 0 radical (unpaired) electrons. The fourth-order valence-corrected chi connectivity index (χ4v) is 5.96. The molecule has 2 aliphatic rings. The van der Waals surface area contributed by atoms with Crippen molar-refractivity contribution < 1.29 is 27.8 Å². The summed E-state index contributed by atoms with van der Waals surface area (Å²) >= 11 is 0. The number of amidine groups is 1. The second kappa shape index (κ2) is 15.1. The molecule has 0 bridgehead atoms. The Labute approximate surface area is 280 Å². The van der Waals surface area contributed by atoms with E-state index in [2.05, 4.69) is 20.4 Å². The average molecular weight is 663 g/mol. The number of ether oxygens (including phenoxy) is 2. The number of rotatable bonds is 9. The first-order valence-corrected chi connectivity index (χ1v) is 16.2. The summed E-state index contributed by atoms with van der Waals surface area (Å²) < 4.78 is 38.5. The van der Waals surface area contributed by atoms with Crippen LogP contribution in [0.4, 0.5) is 25.8 Å². The summed E-state index contributed by atoms with van der Waals surface area (Å²) in [5.74, 6) is -2.24. The van der Waals surface area contributed by atoms with E-state index in [-0.39, 0.29) is 36.5 Å². The maximum absolute atomic E-state index is 13.7. The number of esters is 1. The summed E-state index contributed by atoms with van der Waals surface area (Å²) in [7, 11) is 0. The number of amides is 1. The average Bonchev–Trinajstić information content (AvgIpc) is 3.01. The van der Waals surface area contributed by atoms with E-state index in [0.717, 1.165) is 24.6 Å². The normalized spacial score (nSPS) is 16.0. The lowest BCUT2D eigenvalue weighted by Gasteiger charge is -2.36. The minimum atomic E-state index is -0.669. The number of nitrogens with two attached hydrogens (primary N) is 1. The molecule has 0 aliphatic carbocycles. The fraction of sp³-hybridized carbons (Fsp3) is 0.417. The van der Waals surface area contributed by atoms with Crippen LogP contribution in [0.3, 0.4) is 0 Å². The monoisotopic (exact) mass is 662 g/mol. The van der Waals surface area contributed by atoms with E-state index in [1.165, 1.54) is 12.1 Å². The molecule has 12 heteroatoms. The smallest absolute Gasteiger partial charge is 0.320 e. The lowest BCUT2D eigenvalue weighted by Crippen LogP contribution is -2.48. The van der Waals surface area contributed by atoms with Crippen LogP contribution in [0.15, 0.2) is 54.6 Å². The van der Waals surface area contributed by atoms with Gasteiger partial charge in [0.15, 0.2) is 0 Å². The summed E-state index contributed by atoms with van der Waals surface area (Å²) in [6.45, 7) is 9.85. The summed E-state index contributed by atoms with van der Waals surface area (Å²) in [6, 6.07) is 14.0. The van der Waals surface area contributed by atoms with Crippen LogP contribution >= 0.6 is 0 Å². The third-order valence-corrected chi connectivity index (χ3v) is 8.30. The molecule has 0 saturated carbocycles. The molecule has 0 unspecified atom stereocenters. The van der Waals surface area contributed by atoms with Crippen molar-refractivity contribution in [2.75, 3.05) is 61.9 Å². The SMILES string of the molecule is CC(C)(C)OC(=O)CN1CCN(c2ccc(C(=O)NC(=N)c3cc(Cc4cc(F)cc(F)c4)ccc3N)c(NC3CCOCC3)c2)CC1. The number of benzene rings is 3. The van der Waals surface area contributed by atoms with Crippen LogP contribution in [-0.2, 0) is 20.7 Å². The van der Waals surface area contributed by atoms with Crippen molar-refractivity contribution >= 4 is 34.8 Å². The number of nitrogen functional groups attached to an aromatic ring is 1. The van der Waals surface area contributed by atoms with E-state index in [9.17, 15) is 18.4 Å². The zero-order chi connectivity index (χ0) is 34.4. The predicted molar refractivity (Wildman–Crippen MR) is 183 cm³/mol. The van der Waals surface area contributed by atoms with Crippen molar-refractivity contribution in [1.29, 1.82) is 5.41 Å². The number of nitrogens with one attached hydrogen (secondary N) is 3. The molecular formula is C36H44F2N6O4. The van der Waals surface area contributed by atoms with Crippen molar-refractivity contribution in [1.82, 2.24) is 10.2 Å².